The van der Waals surface area contributed by atoms with E-state index in [4.69, 9.17) is 0 Å². The Bertz CT molecular complexity index is 2030. The fourth-order valence-electron chi connectivity index (χ4n) is 7.64. The van der Waals surface area contributed by atoms with Gasteiger partial charge in [-0.05, 0) is 49.9 Å². The molecule has 1 aliphatic rings. The summed E-state index contributed by atoms with van der Waals surface area (Å²) >= 11 is 0. The molecule has 0 saturated carbocycles. The lowest BCUT2D eigenvalue weighted by molar-refractivity contribution is -0.596. The summed E-state index contributed by atoms with van der Waals surface area (Å²) in [5.41, 5.74) is 13.1. The van der Waals surface area contributed by atoms with Crippen molar-refractivity contribution in [3.8, 4) is 0 Å². The molecule has 2 nitrogen and oxygen atoms in total. The fraction of sp³-hybridized carbons (Fsp3) is 0.178. The Labute approximate surface area is 304 Å². The average Bonchev–Trinajstić information content (AvgIpc) is 3.51. The minimum absolute atomic E-state index is 0.00760. The number of rotatable bonds is 8. The van der Waals surface area contributed by atoms with Crippen molar-refractivity contribution in [2.24, 2.45) is 0 Å². The maximum atomic E-state index is 9.75. The highest BCUT2D eigenvalue weighted by atomic mass is 19.5. The molecule has 0 radical (unpaired) electrons. The summed E-state index contributed by atoms with van der Waals surface area (Å²) < 4.78 is 41.7. The van der Waals surface area contributed by atoms with Gasteiger partial charge in [0.15, 0.2) is 12.1 Å². The van der Waals surface area contributed by atoms with E-state index in [0.29, 0.717) is 0 Å². The molecule has 2 atom stereocenters. The lowest BCUT2D eigenvalue weighted by atomic mass is 9.86. The molecule has 0 N–H and O–H groups in total. The fourth-order valence-corrected chi connectivity index (χ4v) is 7.64. The van der Waals surface area contributed by atoms with Gasteiger partial charge in [-0.3, -0.25) is 0 Å². The van der Waals surface area contributed by atoms with Crippen LogP contribution in [0.1, 0.15) is 79.8 Å². The van der Waals surface area contributed by atoms with E-state index in [1.54, 1.807) is 0 Å². The Kier molecular flexibility index (Phi) is 11.1. The van der Waals surface area contributed by atoms with Gasteiger partial charge in [0.25, 0.3) is 0 Å². The number of nitrogens with zero attached hydrogens (tertiary/aromatic N) is 2. The second kappa shape index (κ2) is 15.9. The zero-order valence-electron chi connectivity index (χ0n) is 29.9. The Balaban J connectivity index is 0.000000870. The normalized spacial score (nSPS) is 15.7. The number of hydrogen-bond donors (Lipinski definition) is 0. The maximum absolute atomic E-state index is 9.75. The van der Waals surface area contributed by atoms with Crippen molar-refractivity contribution in [1.82, 2.24) is 4.90 Å². The first-order valence-electron chi connectivity index (χ1n) is 17.6. The third-order valence-electron chi connectivity index (χ3n) is 10.0. The molecule has 1 heterocycles. The first-order valence-corrected chi connectivity index (χ1v) is 17.6. The smallest absolute Gasteiger partial charge is 0.418 e. The van der Waals surface area contributed by atoms with Gasteiger partial charge in [0.2, 0.25) is 6.34 Å². The quantitative estimate of drug-likeness (QED) is 0.0871. The highest BCUT2D eigenvalue weighted by molar-refractivity contribution is 6.50. The molecule has 6 aromatic carbocycles. The molecule has 0 saturated heterocycles. The molecule has 0 fully saturated rings. The molecule has 0 bridgehead atoms. The van der Waals surface area contributed by atoms with Gasteiger partial charge in [0.05, 0.1) is 0 Å². The molecule has 0 amide bonds. The number of hydrogen-bond acceptors (Lipinski definition) is 1. The molecule has 264 valence electrons. The molecule has 0 spiro atoms. The third-order valence-corrected chi connectivity index (χ3v) is 10.0. The summed E-state index contributed by atoms with van der Waals surface area (Å²) in [6, 6.07) is 58.1. The molecule has 0 unspecified atom stereocenters. The molecule has 52 heavy (non-hydrogen) atoms. The molecular formula is C45H43BF4N2. The first kappa shape index (κ1) is 36.4. The van der Waals surface area contributed by atoms with Crippen LogP contribution in [0.25, 0.3) is 0 Å². The summed E-state index contributed by atoms with van der Waals surface area (Å²) in [5.74, 6) is 0. The van der Waals surface area contributed by atoms with Gasteiger partial charge in [-0.2, -0.15) is 0 Å². The highest BCUT2D eigenvalue weighted by Gasteiger charge is 2.50. The van der Waals surface area contributed by atoms with Crippen LogP contribution < -0.4 is 0 Å². The Hall–Kier alpha value is -5.43. The predicted molar refractivity (Wildman–Crippen MR) is 205 cm³/mol. The van der Waals surface area contributed by atoms with Gasteiger partial charge in [0, 0.05) is 33.4 Å². The van der Waals surface area contributed by atoms with Crippen molar-refractivity contribution in [1.29, 1.82) is 0 Å². The van der Waals surface area contributed by atoms with Crippen LogP contribution in [0.2, 0.25) is 0 Å². The van der Waals surface area contributed by atoms with E-state index >= 15 is 0 Å². The number of aryl methyl sites for hydroxylation is 4. The van der Waals surface area contributed by atoms with E-state index < -0.39 is 7.25 Å². The summed E-state index contributed by atoms with van der Waals surface area (Å²) in [6.07, 6.45) is 2.47. The van der Waals surface area contributed by atoms with Gasteiger partial charge in [-0.15, -0.1) is 0 Å². The van der Waals surface area contributed by atoms with Gasteiger partial charge >= 0.3 is 7.25 Å². The van der Waals surface area contributed by atoms with E-state index in [2.05, 4.69) is 201 Å². The minimum Gasteiger partial charge on any atom is -0.418 e. The van der Waals surface area contributed by atoms with E-state index in [0.717, 1.165) is 0 Å². The van der Waals surface area contributed by atoms with Gasteiger partial charge in [-0.1, -0.05) is 158 Å². The second-order valence-corrected chi connectivity index (χ2v) is 13.4. The highest BCUT2D eigenvalue weighted by Crippen LogP contribution is 2.50. The first-order chi connectivity index (χ1) is 25.0. The summed E-state index contributed by atoms with van der Waals surface area (Å²) in [4.78, 5) is 2.67. The second-order valence-electron chi connectivity index (χ2n) is 13.4. The van der Waals surface area contributed by atoms with E-state index in [1.165, 1.54) is 55.6 Å². The lowest BCUT2D eigenvalue weighted by Crippen LogP contribution is -2.32. The van der Waals surface area contributed by atoms with Crippen LogP contribution in [0.3, 0.4) is 0 Å². The van der Waals surface area contributed by atoms with Crippen LogP contribution in [0.4, 0.5) is 17.3 Å². The molecule has 0 aromatic heterocycles. The van der Waals surface area contributed by atoms with E-state index in [-0.39, 0.29) is 24.2 Å². The van der Waals surface area contributed by atoms with E-state index in [1.807, 2.05) is 0 Å². The summed E-state index contributed by atoms with van der Waals surface area (Å²) in [6.45, 7) is 9.02. The number of halogens is 4. The maximum Gasteiger partial charge on any atom is 0.673 e. The molecule has 1 aliphatic heterocycles. The molecule has 7 rings (SSSR count). The molecule has 6 aromatic rings. The van der Waals surface area contributed by atoms with Crippen molar-refractivity contribution in [3.05, 3.63) is 213 Å². The number of benzene rings is 6. The summed E-state index contributed by atoms with van der Waals surface area (Å²) in [5, 5.41) is 0. The van der Waals surface area contributed by atoms with Crippen LogP contribution in [0.5, 0.6) is 0 Å². The summed E-state index contributed by atoms with van der Waals surface area (Å²) in [7, 11) is -6.00. The Morgan fingerprint density at radius 3 is 1.17 bits per heavy atom. The van der Waals surface area contributed by atoms with Crippen molar-refractivity contribution in [3.63, 3.8) is 0 Å². The van der Waals surface area contributed by atoms with Crippen LogP contribution >= 0.6 is 0 Å². The predicted octanol–water partition coefficient (Wildman–Crippen LogP) is 11.9. The minimum atomic E-state index is -6.00. The monoisotopic (exact) mass is 698 g/mol. The third kappa shape index (κ3) is 8.04. The van der Waals surface area contributed by atoms with Crippen molar-refractivity contribution in [2.75, 3.05) is 0 Å². The molecule has 7 heteroatoms. The van der Waals surface area contributed by atoms with Crippen molar-refractivity contribution in [2.45, 2.75) is 51.9 Å². The van der Waals surface area contributed by atoms with Crippen LogP contribution in [0, 0.1) is 27.7 Å². The van der Waals surface area contributed by atoms with Crippen LogP contribution in [0.15, 0.2) is 158 Å². The Morgan fingerprint density at radius 2 is 0.788 bits per heavy atom. The standard InChI is InChI=1S/C45H43N2.BF4/c1-32-19-11-15-27-38(32)44(39-28-16-12-20-33(39)2)46-31-47(43(37-25-9-6-10-26-37)42(46)36-23-7-5-8-24-36)45(40-29-17-13-21-34(40)3)41-30-18-14-22-35(41)4;2-1(3,4)5/h5-31,42-45H,1-4H3;/q+1;-1/t42-,43-;/m1./s1. The SMILES string of the molecule is Cc1ccccc1C(c1ccccc1C)N1C=[N+](C(c2ccccc2C)c2ccccc2C)[C@H](c2ccccc2)[C@H]1c1ccccc1.F[B-](F)(F)F. The van der Waals surface area contributed by atoms with Gasteiger partial charge < -0.3 is 17.3 Å². The molecule has 0 aliphatic carbocycles. The average molecular weight is 699 g/mol. The topological polar surface area (TPSA) is 6.25 Å². The van der Waals surface area contributed by atoms with E-state index in [9.17, 15) is 17.3 Å². The zero-order chi connectivity index (χ0) is 36.8. The van der Waals surface area contributed by atoms with Gasteiger partial charge in [0.1, 0.15) is 12.1 Å². The molecular weight excluding hydrogens is 655 g/mol. The van der Waals surface area contributed by atoms with Crippen LogP contribution in [-0.4, -0.2) is 23.1 Å². The zero-order valence-corrected chi connectivity index (χ0v) is 29.9. The van der Waals surface area contributed by atoms with Crippen molar-refractivity contribution >= 4 is 13.6 Å². The Morgan fingerprint density at radius 1 is 0.462 bits per heavy atom. The van der Waals surface area contributed by atoms with Gasteiger partial charge in [-0.25, -0.2) is 9.48 Å². The largest absolute Gasteiger partial charge is 0.673 e. The lowest BCUT2D eigenvalue weighted by Gasteiger charge is -2.32. The van der Waals surface area contributed by atoms with Crippen LogP contribution in [-0.2, 0) is 0 Å². The van der Waals surface area contributed by atoms with Crippen molar-refractivity contribution < 1.29 is 21.8 Å².